The average Bonchev–Trinajstić information content (AvgIpc) is 3.48. The summed E-state index contributed by atoms with van der Waals surface area (Å²) in [6.45, 7) is 7.30. The Kier molecular flexibility index (Phi) is 4.97. The van der Waals surface area contributed by atoms with Gasteiger partial charge in [0.15, 0.2) is 0 Å². The largest absolute Gasteiger partial charge is 0.380 e. The normalized spacial score (nSPS) is 24.7. The Morgan fingerprint density at radius 3 is 2.82 bits per heavy atom. The van der Waals surface area contributed by atoms with Gasteiger partial charge in [-0.05, 0) is 60.9 Å². The third kappa shape index (κ3) is 3.35. The summed E-state index contributed by atoms with van der Waals surface area (Å²) in [5.74, 6) is 0. The van der Waals surface area contributed by atoms with Crippen LogP contribution in [-0.4, -0.2) is 55.3 Å². The molecule has 2 saturated heterocycles. The molecule has 2 fully saturated rings. The molecule has 33 heavy (non-hydrogen) atoms. The predicted molar refractivity (Wildman–Crippen MR) is 130 cm³/mol. The molecule has 168 valence electrons. The zero-order valence-corrected chi connectivity index (χ0v) is 19.2. The Bertz CT molecular complexity index is 1250. The molecule has 4 heterocycles. The molecule has 6 rings (SSSR count). The van der Waals surface area contributed by atoms with Gasteiger partial charge in [-0.15, -0.1) is 0 Å². The van der Waals surface area contributed by atoms with Crippen LogP contribution in [0.1, 0.15) is 36.1 Å². The van der Waals surface area contributed by atoms with E-state index in [0.29, 0.717) is 23.8 Å². The van der Waals surface area contributed by atoms with E-state index in [9.17, 15) is 5.26 Å². The van der Waals surface area contributed by atoms with Gasteiger partial charge in [0.1, 0.15) is 6.07 Å². The minimum absolute atomic E-state index is 0.342. The summed E-state index contributed by atoms with van der Waals surface area (Å²) in [7, 11) is 1.81. The van der Waals surface area contributed by atoms with Gasteiger partial charge in [-0.25, -0.2) is 0 Å². The molecule has 0 bridgehead atoms. The summed E-state index contributed by atoms with van der Waals surface area (Å²) >= 11 is 0. The number of hydrogen-bond donors (Lipinski definition) is 0. The smallest absolute Gasteiger partial charge is 0.101 e. The number of piperazine rings is 1. The van der Waals surface area contributed by atoms with Crippen LogP contribution >= 0.6 is 0 Å². The number of nitriles is 1. The number of rotatable bonds is 3. The van der Waals surface area contributed by atoms with Crippen LogP contribution in [0.25, 0.3) is 10.9 Å². The quantitative estimate of drug-likeness (QED) is 0.613. The molecule has 3 aliphatic rings. The lowest BCUT2D eigenvalue weighted by molar-refractivity contribution is 0.121. The molecule has 0 saturated carbocycles. The van der Waals surface area contributed by atoms with E-state index in [1.807, 2.05) is 19.2 Å². The van der Waals surface area contributed by atoms with Crippen LogP contribution in [0.2, 0.25) is 0 Å². The van der Waals surface area contributed by atoms with E-state index in [2.05, 4.69) is 63.0 Å². The third-order valence-electron chi connectivity index (χ3n) is 7.73. The third-order valence-corrected chi connectivity index (χ3v) is 7.73. The fraction of sp³-hybridized carbons (Fsp3) is 0.407. The second-order valence-corrected chi connectivity index (χ2v) is 9.56. The Morgan fingerprint density at radius 2 is 2.00 bits per heavy atom. The van der Waals surface area contributed by atoms with Gasteiger partial charge in [0.05, 0.1) is 23.2 Å². The molecule has 0 N–H and O–H groups in total. The van der Waals surface area contributed by atoms with E-state index in [1.54, 1.807) is 6.20 Å². The summed E-state index contributed by atoms with van der Waals surface area (Å²) in [5, 5.41) is 10.6. The number of aromatic nitrogens is 1. The van der Waals surface area contributed by atoms with Crippen molar-refractivity contribution in [3.63, 3.8) is 0 Å². The highest BCUT2D eigenvalue weighted by Crippen LogP contribution is 2.42. The minimum Gasteiger partial charge on any atom is -0.380 e. The highest BCUT2D eigenvalue weighted by molar-refractivity contribution is 5.95. The maximum absolute atomic E-state index is 9.52. The molecule has 0 amide bonds. The van der Waals surface area contributed by atoms with Gasteiger partial charge in [0, 0.05) is 68.8 Å². The zero-order chi connectivity index (χ0) is 22.5. The Hall–Kier alpha value is -3.14. The van der Waals surface area contributed by atoms with Crippen molar-refractivity contribution in [1.82, 2.24) is 9.88 Å². The molecule has 6 heteroatoms. The lowest BCUT2D eigenvalue weighted by atomic mass is 9.99. The highest BCUT2D eigenvalue weighted by atomic mass is 16.5. The first-order chi connectivity index (χ1) is 16.2. The van der Waals surface area contributed by atoms with Crippen molar-refractivity contribution in [3.8, 4) is 6.07 Å². The molecule has 3 unspecified atom stereocenters. The summed E-state index contributed by atoms with van der Waals surface area (Å²) in [5.41, 5.74) is 6.84. The van der Waals surface area contributed by atoms with Crippen LogP contribution in [0.4, 0.5) is 11.4 Å². The number of anilines is 2. The van der Waals surface area contributed by atoms with E-state index in [1.165, 1.54) is 22.5 Å². The van der Waals surface area contributed by atoms with Crippen LogP contribution < -0.4 is 9.80 Å². The number of nitrogens with zero attached hydrogens (tertiary/aromatic N) is 5. The van der Waals surface area contributed by atoms with Crippen LogP contribution in [-0.2, 0) is 11.3 Å². The number of methoxy groups -OCH3 is 1. The zero-order valence-electron chi connectivity index (χ0n) is 19.2. The minimum atomic E-state index is 0.342. The standard InChI is InChI=1S/C27H29N5O/c1-18-14-31(25-8-5-19(13-28)27-24(25)4-3-10-29-27)17-26-23-7-6-21(12-20(23)15-32(18)26)30-11-9-22(16-30)33-2/h3-8,10,12,18,22,26H,9,11,14-17H2,1-2H3. The summed E-state index contributed by atoms with van der Waals surface area (Å²) in [6.07, 6.45) is 3.21. The molecule has 0 radical (unpaired) electrons. The van der Waals surface area contributed by atoms with Gasteiger partial charge in [0.2, 0.25) is 0 Å². The Balaban J connectivity index is 1.31. The van der Waals surface area contributed by atoms with E-state index >= 15 is 0 Å². The molecular weight excluding hydrogens is 410 g/mol. The van der Waals surface area contributed by atoms with Crippen molar-refractivity contribution in [2.24, 2.45) is 0 Å². The lowest BCUT2D eigenvalue weighted by Gasteiger charge is -2.43. The van der Waals surface area contributed by atoms with Crippen molar-refractivity contribution in [1.29, 1.82) is 5.26 Å². The second kappa shape index (κ2) is 8.02. The highest BCUT2D eigenvalue weighted by Gasteiger charge is 2.39. The number of hydrogen-bond acceptors (Lipinski definition) is 6. The van der Waals surface area contributed by atoms with Crippen molar-refractivity contribution in [2.75, 3.05) is 43.1 Å². The summed E-state index contributed by atoms with van der Waals surface area (Å²) in [4.78, 5) is 12.1. The molecular formula is C27H29N5O. The van der Waals surface area contributed by atoms with Crippen LogP contribution in [0.3, 0.4) is 0 Å². The van der Waals surface area contributed by atoms with E-state index in [0.717, 1.165) is 50.0 Å². The van der Waals surface area contributed by atoms with Crippen molar-refractivity contribution in [3.05, 3.63) is 65.4 Å². The van der Waals surface area contributed by atoms with Gasteiger partial charge in [-0.1, -0.05) is 6.07 Å². The van der Waals surface area contributed by atoms with E-state index < -0.39 is 0 Å². The molecule has 2 aromatic carbocycles. The lowest BCUT2D eigenvalue weighted by Crippen LogP contribution is -2.51. The summed E-state index contributed by atoms with van der Waals surface area (Å²) in [6, 6.07) is 18.2. The number of ether oxygens (including phenoxy) is 1. The summed E-state index contributed by atoms with van der Waals surface area (Å²) < 4.78 is 5.57. The van der Waals surface area contributed by atoms with Crippen molar-refractivity contribution >= 4 is 22.3 Å². The fourth-order valence-corrected chi connectivity index (χ4v) is 5.99. The topological polar surface area (TPSA) is 55.6 Å². The number of benzene rings is 2. The molecule has 3 aromatic rings. The molecule has 6 nitrogen and oxygen atoms in total. The van der Waals surface area contributed by atoms with Gasteiger partial charge < -0.3 is 14.5 Å². The van der Waals surface area contributed by atoms with Crippen LogP contribution in [0.5, 0.6) is 0 Å². The first-order valence-corrected chi connectivity index (χ1v) is 11.9. The van der Waals surface area contributed by atoms with Gasteiger partial charge in [0.25, 0.3) is 0 Å². The molecule has 0 aliphatic carbocycles. The van der Waals surface area contributed by atoms with E-state index in [4.69, 9.17) is 4.74 Å². The first-order valence-electron chi connectivity index (χ1n) is 11.9. The number of pyridine rings is 1. The predicted octanol–water partition coefficient (Wildman–Crippen LogP) is 4.10. The van der Waals surface area contributed by atoms with Gasteiger partial charge in [-0.3, -0.25) is 9.88 Å². The van der Waals surface area contributed by atoms with Crippen molar-refractivity contribution < 1.29 is 4.74 Å². The van der Waals surface area contributed by atoms with Gasteiger partial charge in [-0.2, -0.15) is 5.26 Å². The maximum Gasteiger partial charge on any atom is 0.101 e. The Labute approximate surface area is 195 Å². The monoisotopic (exact) mass is 439 g/mol. The number of fused-ring (bicyclic) bond motifs is 4. The van der Waals surface area contributed by atoms with E-state index in [-0.39, 0.29) is 0 Å². The molecule has 0 spiro atoms. The Morgan fingerprint density at radius 1 is 1.09 bits per heavy atom. The molecule has 3 aliphatic heterocycles. The van der Waals surface area contributed by atoms with Gasteiger partial charge >= 0.3 is 0 Å². The molecule has 1 aromatic heterocycles. The molecule has 3 atom stereocenters. The fourth-order valence-electron chi connectivity index (χ4n) is 5.99. The van der Waals surface area contributed by atoms with Crippen LogP contribution in [0, 0.1) is 11.3 Å². The van der Waals surface area contributed by atoms with Crippen LogP contribution in [0.15, 0.2) is 48.7 Å². The SMILES string of the molecule is COC1CCN(c2ccc3c(c2)CN2C(C)CN(c4ccc(C#N)c5ncccc45)CC32)C1. The average molecular weight is 440 g/mol. The maximum atomic E-state index is 9.52. The second-order valence-electron chi connectivity index (χ2n) is 9.56. The van der Waals surface area contributed by atoms with Crippen molar-refractivity contribution in [2.45, 2.75) is 38.1 Å². The first kappa shape index (κ1) is 20.5.